The summed E-state index contributed by atoms with van der Waals surface area (Å²) in [6, 6.07) is 4.58. The molecular weight excluding hydrogens is 230 g/mol. The number of phenolic OH excluding ortho intramolecular Hbond substituents is 1. The molecule has 0 bridgehead atoms. The number of amides is 1. The van der Waals surface area contributed by atoms with E-state index in [0.29, 0.717) is 18.8 Å². The molecule has 0 atom stereocenters. The van der Waals surface area contributed by atoms with Gasteiger partial charge in [-0.3, -0.25) is 4.79 Å². The molecule has 0 saturated carbocycles. The van der Waals surface area contributed by atoms with Crippen molar-refractivity contribution < 1.29 is 14.6 Å². The van der Waals surface area contributed by atoms with Crippen LogP contribution in [0.3, 0.4) is 0 Å². The van der Waals surface area contributed by atoms with Crippen molar-refractivity contribution in [3.05, 3.63) is 49.1 Å². The minimum atomic E-state index is -0.269. The van der Waals surface area contributed by atoms with Crippen LogP contribution in [0.25, 0.3) is 0 Å². The first kappa shape index (κ1) is 13.8. The average molecular weight is 247 g/mol. The van der Waals surface area contributed by atoms with Crippen LogP contribution in [0.1, 0.15) is 10.4 Å². The highest BCUT2D eigenvalue weighted by molar-refractivity contribution is 5.97. The third-order valence-corrected chi connectivity index (χ3v) is 2.42. The lowest BCUT2D eigenvalue weighted by atomic mass is 10.1. The van der Waals surface area contributed by atoms with E-state index in [1.807, 2.05) is 0 Å². The van der Waals surface area contributed by atoms with Crippen LogP contribution in [0, 0.1) is 0 Å². The molecule has 1 aromatic carbocycles. The maximum atomic E-state index is 12.2. The van der Waals surface area contributed by atoms with Gasteiger partial charge in [-0.1, -0.05) is 12.2 Å². The fourth-order valence-electron chi connectivity index (χ4n) is 1.54. The number of phenols is 1. The summed E-state index contributed by atoms with van der Waals surface area (Å²) in [5.74, 6) is 0.135. The quantitative estimate of drug-likeness (QED) is 0.784. The molecule has 4 nitrogen and oxygen atoms in total. The number of hydrogen-bond donors (Lipinski definition) is 1. The number of carbonyl (C=O) groups excluding carboxylic acids is 1. The van der Waals surface area contributed by atoms with E-state index in [1.165, 1.54) is 24.1 Å². The molecule has 0 fully saturated rings. The molecule has 0 aromatic heterocycles. The SMILES string of the molecule is C=CCN(CC=C)C(=O)c1ccc(OC)cc1O. The van der Waals surface area contributed by atoms with Gasteiger partial charge in [0, 0.05) is 19.2 Å². The number of rotatable bonds is 6. The number of benzene rings is 1. The van der Waals surface area contributed by atoms with Gasteiger partial charge in [-0.15, -0.1) is 13.2 Å². The second kappa shape index (κ2) is 6.49. The molecule has 0 saturated heterocycles. The summed E-state index contributed by atoms with van der Waals surface area (Å²) in [6.45, 7) is 7.99. The van der Waals surface area contributed by atoms with Gasteiger partial charge in [-0.25, -0.2) is 0 Å². The third-order valence-electron chi connectivity index (χ3n) is 2.42. The number of nitrogens with zero attached hydrogens (tertiary/aromatic N) is 1. The summed E-state index contributed by atoms with van der Waals surface area (Å²) in [6.07, 6.45) is 3.25. The molecule has 0 unspecified atom stereocenters. The Hall–Kier alpha value is -2.23. The highest BCUT2D eigenvalue weighted by Crippen LogP contribution is 2.24. The minimum Gasteiger partial charge on any atom is -0.507 e. The van der Waals surface area contributed by atoms with Gasteiger partial charge in [0.25, 0.3) is 5.91 Å². The number of hydrogen-bond acceptors (Lipinski definition) is 3. The molecule has 0 heterocycles. The molecule has 4 heteroatoms. The fraction of sp³-hybridized carbons (Fsp3) is 0.214. The Morgan fingerprint density at radius 1 is 1.39 bits per heavy atom. The van der Waals surface area contributed by atoms with Crippen LogP contribution in [0.2, 0.25) is 0 Å². The largest absolute Gasteiger partial charge is 0.507 e. The van der Waals surface area contributed by atoms with Crippen molar-refractivity contribution in [1.82, 2.24) is 4.90 Å². The van der Waals surface area contributed by atoms with E-state index in [4.69, 9.17) is 4.74 Å². The van der Waals surface area contributed by atoms with E-state index in [9.17, 15) is 9.90 Å². The number of carbonyl (C=O) groups is 1. The topological polar surface area (TPSA) is 49.8 Å². The van der Waals surface area contributed by atoms with Crippen molar-refractivity contribution in [2.75, 3.05) is 20.2 Å². The lowest BCUT2D eigenvalue weighted by Crippen LogP contribution is -2.31. The first-order chi connectivity index (χ1) is 8.63. The van der Waals surface area contributed by atoms with E-state index in [1.54, 1.807) is 18.2 Å². The maximum absolute atomic E-state index is 12.2. The van der Waals surface area contributed by atoms with Crippen molar-refractivity contribution >= 4 is 5.91 Å². The molecule has 0 aliphatic heterocycles. The molecule has 0 aliphatic carbocycles. The van der Waals surface area contributed by atoms with Crippen molar-refractivity contribution in [1.29, 1.82) is 0 Å². The van der Waals surface area contributed by atoms with Gasteiger partial charge in [-0.2, -0.15) is 0 Å². The Labute approximate surface area is 107 Å². The molecule has 0 radical (unpaired) electrons. The summed E-state index contributed by atoms with van der Waals surface area (Å²) in [5, 5.41) is 9.80. The van der Waals surface area contributed by atoms with E-state index < -0.39 is 0 Å². The van der Waals surface area contributed by atoms with Crippen molar-refractivity contribution in [2.45, 2.75) is 0 Å². The van der Waals surface area contributed by atoms with Gasteiger partial charge in [0.15, 0.2) is 0 Å². The van der Waals surface area contributed by atoms with Crippen LogP contribution in [0.5, 0.6) is 11.5 Å². The van der Waals surface area contributed by atoms with Crippen LogP contribution in [-0.4, -0.2) is 36.1 Å². The monoisotopic (exact) mass is 247 g/mol. The van der Waals surface area contributed by atoms with Crippen LogP contribution in [0.15, 0.2) is 43.5 Å². The minimum absolute atomic E-state index is 0.0996. The zero-order valence-electron chi connectivity index (χ0n) is 10.4. The standard InChI is InChI=1S/C14H17NO3/c1-4-8-15(9-5-2)14(17)12-7-6-11(18-3)10-13(12)16/h4-7,10,16H,1-2,8-9H2,3H3. The molecule has 0 spiro atoms. The predicted molar refractivity (Wildman–Crippen MR) is 71.0 cm³/mol. The van der Waals surface area contributed by atoms with Gasteiger partial charge in [0.1, 0.15) is 11.5 Å². The Bertz CT molecular complexity index is 444. The Kier molecular flexibility index (Phi) is 4.99. The normalized spacial score (nSPS) is 9.61. The lowest BCUT2D eigenvalue weighted by Gasteiger charge is -2.19. The fourth-order valence-corrected chi connectivity index (χ4v) is 1.54. The molecule has 1 amide bonds. The number of methoxy groups -OCH3 is 1. The number of aromatic hydroxyl groups is 1. The Morgan fingerprint density at radius 3 is 2.44 bits per heavy atom. The second-order valence-corrected chi connectivity index (χ2v) is 3.67. The van der Waals surface area contributed by atoms with E-state index in [0.717, 1.165) is 0 Å². The van der Waals surface area contributed by atoms with E-state index >= 15 is 0 Å². The smallest absolute Gasteiger partial charge is 0.258 e. The lowest BCUT2D eigenvalue weighted by molar-refractivity contribution is 0.0788. The van der Waals surface area contributed by atoms with Crippen LogP contribution in [0.4, 0.5) is 0 Å². The Balaban J connectivity index is 3.00. The summed E-state index contributed by atoms with van der Waals surface area (Å²) in [5.41, 5.74) is 0.236. The first-order valence-corrected chi connectivity index (χ1v) is 5.52. The van der Waals surface area contributed by atoms with Crippen molar-refractivity contribution in [3.63, 3.8) is 0 Å². The molecular formula is C14H17NO3. The van der Waals surface area contributed by atoms with Crippen LogP contribution < -0.4 is 4.74 Å². The van der Waals surface area contributed by atoms with Gasteiger partial charge in [-0.05, 0) is 12.1 Å². The molecule has 1 N–H and O–H groups in total. The van der Waals surface area contributed by atoms with Crippen molar-refractivity contribution in [2.24, 2.45) is 0 Å². The zero-order valence-corrected chi connectivity index (χ0v) is 10.4. The van der Waals surface area contributed by atoms with E-state index in [2.05, 4.69) is 13.2 Å². The summed E-state index contributed by atoms with van der Waals surface area (Å²) < 4.78 is 4.97. The highest BCUT2D eigenvalue weighted by Gasteiger charge is 2.17. The average Bonchev–Trinajstić information content (AvgIpc) is 2.37. The van der Waals surface area contributed by atoms with Gasteiger partial charge in [0.2, 0.25) is 0 Å². The highest BCUT2D eigenvalue weighted by atomic mass is 16.5. The second-order valence-electron chi connectivity index (χ2n) is 3.67. The zero-order chi connectivity index (χ0) is 13.5. The van der Waals surface area contributed by atoms with Crippen molar-refractivity contribution in [3.8, 4) is 11.5 Å². The van der Waals surface area contributed by atoms with Gasteiger partial charge < -0.3 is 14.7 Å². The molecule has 96 valence electrons. The molecule has 18 heavy (non-hydrogen) atoms. The summed E-state index contributed by atoms with van der Waals surface area (Å²) in [4.78, 5) is 13.7. The number of ether oxygens (including phenoxy) is 1. The molecule has 1 rings (SSSR count). The molecule has 1 aromatic rings. The van der Waals surface area contributed by atoms with Gasteiger partial charge >= 0.3 is 0 Å². The van der Waals surface area contributed by atoms with E-state index in [-0.39, 0.29) is 17.2 Å². The third kappa shape index (κ3) is 3.13. The van der Waals surface area contributed by atoms with Gasteiger partial charge in [0.05, 0.1) is 12.7 Å². The summed E-state index contributed by atoms with van der Waals surface area (Å²) >= 11 is 0. The first-order valence-electron chi connectivity index (χ1n) is 5.52. The summed E-state index contributed by atoms with van der Waals surface area (Å²) in [7, 11) is 1.50. The Morgan fingerprint density at radius 2 is 2.00 bits per heavy atom. The predicted octanol–water partition coefficient (Wildman–Crippen LogP) is 2.22. The molecule has 0 aliphatic rings. The van der Waals surface area contributed by atoms with Crippen LogP contribution in [-0.2, 0) is 0 Å². The van der Waals surface area contributed by atoms with Crippen LogP contribution >= 0.6 is 0 Å². The maximum Gasteiger partial charge on any atom is 0.258 e.